The summed E-state index contributed by atoms with van der Waals surface area (Å²) in [5.74, 6) is -0.261. The molecule has 1 aliphatic heterocycles. The van der Waals surface area contributed by atoms with Crippen molar-refractivity contribution in [1.29, 1.82) is 0 Å². The van der Waals surface area contributed by atoms with Gasteiger partial charge in [0.2, 0.25) is 22.7 Å². The molecule has 1 atom stereocenters. The van der Waals surface area contributed by atoms with Crippen LogP contribution in [0.3, 0.4) is 0 Å². The number of carbonyl (C=O) groups excluding carboxylic acids is 2. The van der Waals surface area contributed by atoms with Gasteiger partial charge >= 0.3 is 0 Å². The van der Waals surface area contributed by atoms with E-state index >= 15 is 0 Å². The summed E-state index contributed by atoms with van der Waals surface area (Å²) in [6.07, 6.45) is 0. The Morgan fingerprint density at radius 2 is 1.67 bits per heavy atom. The molecule has 4 rings (SSSR count). The molecule has 36 heavy (non-hydrogen) atoms. The quantitative estimate of drug-likeness (QED) is 0.455. The third-order valence-electron chi connectivity index (χ3n) is 5.72. The Morgan fingerprint density at radius 1 is 0.972 bits per heavy atom. The first-order valence-electron chi connectivity index (χ1n) is 11.4. The fourth-order valence-corrected chi connectivity index (χ4v) is 4.82. The van der Waals surface area contributed by atoms with Crippen LogP contribution in [0.1, 0.15) is 35.8 Å². The third-order valence-corrected chi connectivity index (χ3v) is 7.47. The minimum absolute atomic E-state index is 0.0432. The Hall–Kier alpha value is -4.05. The number of anilines is 2. The second-order valence-electron chi connectivity index (χ2n) is 8.14. The summed E-state index contributed by atoms with van der Waals surface area (Å²) >= 11 is 0. The molecule has 0 unspecified atom stereocenters. The highest BCUT2D eigenvalue weighted by molar-refractivity contribution is 7.92. The monoisotopic (exact) mass is 509 g/mol. The van der Waals surface area contributed by atoms with Crippen molar-refractivity contribution in [2.75, 3.05) is 28.7 Å². The van der Waals surface area contributed by atoms with Gasteiger partial charge < -0.3 is 20.1 Å². The minimum atomic E-state index is -3.79. The van der Waals surface area contributed by atoms with Crippen molar-refractivity contribution in [2.45, 2.75) is 19.9 Å². The fourth-order valence-electron chi connectivity index (χ4n) is 3.76. The number of fused-ring (bicyclic) bond motifs is 1. The summed E-state index contributed by atoms with van der Waals surface area (Å²) in [5, 5.41) is 5.62. The minimum Gasteiger partial charge on any atom is -0.454 e. The average Bonchev–Trinajstić information content (AvgIpc) is 3.36. The predicted octanol–water partition coefficient (Wildman–Crippen LogP) is 3.70. The van der Waals surface area contributed by atoms with Crippen LogP contribution in [0.5, 0.6) is 11.5 Å². The van der Waals surface area contributed by atoms with Crippen LogP contribution < -0.4 is 24.4 Å². The van der Waals surface area contributed by atoms with Crippen molar-refractivity contribution in [1.82, 2.24) is 5.32 Å². The van der Waals surface area contributed by atoms with E-state index in [2.05, 4.69) is 10.6 Å². The number of hydrogen-bond donors (Lipinski definition) is 2. The highest BCUT2D eigenvalue weighted by atomic mass is 32.2. The number of hydrogen-bond acceptors (Lipinski definition) is 6. The van der Waals surface area contributed by atoms with Gasteiger partial charge in [0.1, 0.15) is 6.54 Å². The second kappa shape index (κ2) is 10.7. The highest BCUT2D eigenvalue weighted by Crippen LogP contribution is 2.36. The Bertz CT molecular complexity index is 1360. The fraction of sp³-hybridized carbons (Fsp3) is 0.231. The van der Waals surface area contributed by atoms with Crippen molar-refractivity contribution in [2.24, 2.45) is 0 Å². The van der Waals surface area contributed by atoms with Crippen LogP contribution in [0.25, 0.3) is 0 Å². The molecule has 0 spiro atoms. The summed E-state index contributed by atoms with van der Waals surface area (Å²) < 4.78 is 37.3. The lowest BCUT2D eigenvalue weighted by Gasteiger charge is -2.24. The number of ether oxygens (including phenoxy) is 2. The Balaban J connectivity index is 1.52. The van der Waals surface area contributed by atoms with Crippen molar-refractivity contribution in [3.05, 3.63) is 83.9 Å². The molecule has 9 nitrogen and oxygen atoms in total. The zero-order chi connectivity index (χ0) is 25.7. The summed E-state index contributed by atoms with van der Waals surface area (Å²) in [5.41, 5.74) is 1.76. The lowest BCUT2D eigenvalue weighted by atomic mass is 10.1. The second-order valence-corrected chi connectivity index (χ2v) is 10.3. The smallest absolute Gasteiger partial charge is 0.253 e. The van der Waals surface area contributed by atoms with E-state index in [0.717, 1.165) is 9.87 Å². The summed E-state index contributed by atoms with van der Waals surface area (Å²) in [6.45, 7) is 2.93. The number of benzene rings is 3. The Kier molecular flexibility index (Phi) is 7.44. The molecule has 0 aliphatic carbocycles. The van der Waals surface area contributed by atoms with Gasteiger partial charge in [0.05, 0.1) is 28.7 Å². The van der Waals surface area contributed by atoms with Gasteiger partial charge in [-0.2, -0.15) is 0 Å². The van der Waals surface area contributed by atoms with Gasteiger partial charge in [-0.25, -0.2) is 8.42 Å². The van der Waals surface area contributed by atoms with Gasteiger partial charge in [-0.1, -0.05) is 42.5 Å². The zero-order valence-corrected chi connectivity index (χ0v) is 20.7. The molecule has 3 aromatic rings. The molecule has 0 aromatic heterocycles. The molecule has 1 heterocycles. The SMILES string of the molecule is CCS(=O)(=O)N(CC(=O)Nc1ccccc1C(=O)N[C@@H](C)c1ccccc1)c1ccc2c(c1)OCO2. The number of nitrogens with one attached hydrogen (secondary N) is 2. The number of nitrogens with zero attached hydrogens (tertiary/aromatic N) is 1. The van der Waals surface area contributed by atoms with Crippen LogP contribution in [-0.2, 0) is 14.8 Å². The highest BCUT2D eigenvalue weighted by Gasteiger charge is 2.26. The molecule has 188 valence electrons. The molecule has 0 saturated heterocycles. The molecule has 3 aromatic carbocycles. The van der Waals surface area contributed by atoms with E-state index in [9.17, 15) is 18.0 Å². The maximum absolute atomic E-state index is 13.0. The van der Waals surface area contributed by atoms with Crippen LogP contribution in [-0.4, -0.2) is 39.3 Å². The first-order valence-corrected chi connectivity index (χ1v) is 13.0. The van der Waals surface area contributed by atoms with Gasteiger partial charge in [0.25, 0.3) is 5.91 Å². The Morgan fingerprint density at radius 3 is 2.42 bits per heavy atom. The van der Waals surface area contributed by atoms with E-state index in [1.54, 1.807) is 36.4 Å². The van der Waals surface area contributed by atoms with Crippen LogP contribution in [0.2, 0.25) is 0 Å². The van der Waals surface area contributed by atoms with Crippen molar-refractivity contribution < 1.29 is 27.5 Å². The van der Waals surface area contributed by atoms with Crippen molar-refractivity contribution in [3.8, 4) is 11.5 Å². The standard InChI is InChI=1S/C26H27N3O6S/c1-3-36(32,33)29(20-13-14-23-24(15-20)35-17-34-23)16-25(30)28-22-12-8-7-11-21(22)26(31)27-18(2)19-9-5-4-6-10-19/h4-15,18H,3,16-17H2,1-2H3,(H,27,31)(H,28,30)/t18-/m0/s1. The zero-order valence-electron chi connectivity index (χ0n) is 19.9. The van der Waals surface area contributed by atoms with Crippen LogP contribution in [0.15, 0.2) is 72.8 Å². The molecule has 10 heteroatoms. The molecule has 1 aliphatic rings. The molecule has 0 bridgehead atoms. The predicted molar refractivity (Wildman–Crippen MR) is 137 cm³/mol. The normalized spacial score (nSPS) is 13.1. The van der Waals surface area contributed by atoms with E-state index in [1.807, 2.05) is 37.3 Å². The van der Waals surface area contributed by atoms with E-state index in [-0.39, 0.29) is 41.4 Å². The number of amides is 2. The maximum Gasteiger partial charge on any atom is 0.253 e. The van der Waals surface area contributed by atoms with Crippen LogP contribution in [0.4, 0.5) is 11.4 Å². The van der Waals surface area contributed by atoms with Gasteiger partial charge in [-0.15, -0.1) is 0 Å². The molecule has 0 saturated carbocycles. The summed E-state index contributed by atoms with van der Waals surface area (Å²) in [6, 6.07) is 20.5. The van der Waals surface area contributed by atoms with Gasteiger partial charge in [0, 0.05) is 6.07 Å². The molecule has 0 fully saturated rings. The average molecular weight is 510 g/mol. The lowest BCUT2D eigenvalue weighted by Crippen LogP contribution is -2.39. The van der Waals surface area contributed by atoms with E-state index in [0.29, 0.717) is 11.5 Å². The number of carbonyl (C=O) groups is 2. The largest absolute Gasteiger partial charge is 0.454 e. The Labute approximate surface area is 210 Å². The molecule has 2 N–H and O–H groups in total. The topological polar surface area (TPSA) is 114 Å². The van der Waals surface area contributed by atoms with Gasteiger partial charge in [0.15, 0.2) is 11.5 Å². The van der Waals surface area contributed by atoms with E-state index in [1.165, 1.54) is 13.0 Å². The van der Waals surface area contributed by atoms with Crippen molar-refractivity contribution in [3.63, 3.8) is 0 Å². The van der Waals surface area contributed by atoms with Gasteiger partial charge in [-0.05, 0) is 43.7 Å². The summed E-state index contributed by atoms with van der Waals surface area (Å²) in [4.78, 5) is 26.0. The molecule has 0 radical (unpaired) electrons. The molecular formula is C26H27N3O6S. The first-order chi connectivity index (χ1) is 17.3. The van der Waals surface area contributed by atoms with Crippen LogP contribution >= 0.6 is 0 Å². The molecular weight excluding hydrogens is 482 g/mol. The number of para-hydroxylation sites is 1. The van der Waals surface area contributed by atoms with Gasteiger partial charge in [-0.3, -0.25) is 13.9 Å². The first kappa shape index (κ1) is 25.1. The van der Waals surface area contributed by atoms with Crippen LogP contribution in [0, 0.1) is 0 Å². The maximum atomic E-state index is 13.0. The molecule has 2 amide bonds. The van der Waals surface area contributed by atoms with Crippen molar-refractivity contribution >= 4 is 33.2 Å². The third kappa shape index (κ3) is 5.60. The lowest BCUT2D eigenvalue weighted by molar-refractivity contribution is -0.114. The number of sulfonamides is 1. The van der Waals surface area contributed by atoms with E-state index < -0.39 is 22.5 Å². The summed E-state index contributed by atoms with van der Waals surface area (Å²) in [7, 11) is -3.79. The van der Waals surface area contributed by atoms with E-state index in [4.69, 9.17) is 9.47 Å². The number of rotatable bonds is 9.